The van der Waals surface area contributed by atoms with E-state index in [1.165, 1.54) is 23.7 Å². The van der Waals surface area contributed by atoms with Crippen LogP contribution in [0.15, 0.2) is 152 Å². The molecule has 0 N–H and O–H groups in total. The molecule has 0 atom stereocenters. The van der Waals surface area contributed by atoms with E-state index in [2.05, 4.69) is 32.9 Å². The molecule has 12 aromatic rings. The van der Waals surface area contributed by atoms with E-state index in [0.29, 0.717) is 17.0 Å². The first kappa shape index (κ1) is 56.6. The number of halogens is 10. The Balaban J connectivity index is 0.00000709. The van der Waals surface area contributed by atoms with Gasteiger partial charge in [-0.05, 0) is 81.9 Å². The summed E-state index contributed by atoms with van der Waals surface area (Å²) < 4.78 is 169. The number of pyridine rings is 1. The largest absolute Gasteiger partial charge is 0.509 e. The molecule has 17 heteroatoms. The Labute approximate surface area is 495 Å². The zero-order valence-electron chi connectivity index (χ0n) is 45.8. The zero-order valence-corrected chi connectivity index (χ0v) is 48.0. The van der Waals surface area contributed by atoms with Crippen molar-refractivity contribution in [1.29, 1.82) is 0 Å². The number of ether oxygens (including phenoxy) is 1. The fourth-order valence-corrected chi connectivity index (χ4v) is 11.2. The zero-order chi connectivity index (χ0) is 59.0. The second-order valence-corrected chi connectivity index (χ2v) is 22.6. The molecule has 0 saturated heterocycles. The van der Waals surface area contributed by atoms with Crippen LogP contribution in [0.3, 0.4) is 0 Å². The van der Waals surface area contributed by atoms with Gasteiger partial charge in [0.1, 0.15) is 5.82 Å². The van der Waals surface area contributed by atoms with Crippen LogP contribution in [0.4, 0.5) is 66.7 Å². The van der Waals surface area contributed by atoms with Gasteiger partial charge in [-0.2, -0.15) is 6.07 Å². The van der Waals surface area contributed by atoms with E-state index < -0.39 is 91.5 Å². The van der Waals surface area contributed by atoms with Gasteiger partial charge in [0.2, 0.25) is 11.6 Å². The van der Waals surface area contributed by atoms with Crippen LogP contribution < -0.4 is 14.5 Å². The smallest absolute Gasteiger partial charge is 0.200 e. The maximum Gasteiger partial charge on any atom is 0.200 e. The molecule has 0 fully saturated rings. The van der Waals surface area contributed by atoms with Crippen LogP contribution in [-0.2, 0) is 31.9 Å². The number of fused-ring (bicyclic) bond motifs is 7. The number of anilines is 4. The average molecular weight is 1330 g/mol. The van der Waals surface area contributed by atoms with E-state index in [4.69, 9.17) is 9.72 Å². The Kier molecular flexibility index (Phi) is 13.8. The third-order valence-electron chi connectivity index (χ3n) is 15.3. The molecule has 430 valence electrons. The molecule has 0 unspecified atom stereocenters. The molecular formula is C68H44F10N5OPt-3. The molecule has 0 bridgehead atoms. The van der Waals surface area contributed by atoms with Crippen molar-refractivity contribution in [2.75, 3.05) is 9.80 Å². The Morgan fingerprint density at radius 2 is 0.894 bits per heavy atom. The van der Waals surface area contributed by atoms with Gasteiger partial charge in [-0.15, -0.1) is 42.4 Å². The SMILES string of the molecule is CC(C)(C)c1ccnc(-n2c3[c-]c(Oc4[c-]c(N5[CH-]N(c6c(-c7c(F)c(F)c(F)c(F)c7F)cc(C(C)(C)C)cc6-c6c(F)c(F)c(F)c(F)c6F)c6ccccc65)cc(-n5c6ccccc6c6ccccc65)c4)ccc3c3ccccc32)c1.[Pt]. The first-order valence-corrected chi connectivity index (χ1v) is 26.5. The van der Waals surface area contributed by atoms with Gasteiger partial charge in [0.25, 0.3) is 0 Å². The van der Waals surface area contributed by atoms with Crippen LogP contribution >= 0.6 is 0 Å². The molecular weight excluding hydrogens is 1290 g/mol. The fourth-order valence-electron chi connectivity index (χ4n) is 11.2. The Morgan fingerprint density at radius 3 is 1.41 bits per heavy atom. The number of para-hydroxylation sites is 5. The van der Waals surface area contributed by atoms with Crippen LogP contribution in [0.2, 0.25) is 0 Å². The predicted molar refractivity (Wildman–Crippen MR) is 306 cm³/mol. The first-order chi connectivity index (χ1) is 40.1. The number of hydrogen-bond donors (Lipinski definition) is 0. The van der Waals surface area contributed by atoms with Crippen molar-refractivity contribution in [1.82, 2.24) is 14.1 Å². The van der Waals surface area contributed by atoms with Gasteiger partial charge in [0.15, 0.2) is 46.5 Å². The average Bonchev–Trinajstić information content (AvgIpc) is 1.86. The first-order valence-electron chi connectivity index (χ1n) is 26.5. The molecule has 85 heavy (non-hydrogen) atoms. The van der Waals surface area contributed by atoms with Crippen molar-refractivity contribution in [3.05, 3.63) is 240 Å². The summed E-state index contributed by atoms with van der Waals surface area (Å²) in [6.07, 6.45) is 1.77. The van der Waals surface area contributed by atoms with E-state index in [9.17, 15) is 8.78 Å². The van der Waals surface area contributed by atoms with E-state index in [1.54, 1.807) is 57.3 Å². The van der Waals surface area contributed by atoms with Crippen molar-refractivity contribution in [3.8, 4) is 45.3 Å². The molecule has 9 aromatic carbocycles. The Morgan fingerprint density at radius 1 is 0.435 bits per heavy atom. The predicted octanol–water partition coefficient (Wildman–Crippen LogP) is 19.4. The van der Waals surface area contributed by atoms with Gasteiger partial charge < -0.3 is 23.7 Å². The summed E-state index contributed by atoms with van der Waals surface area (Å²) in [6.45, 7) is 12.3. The minimum absolute atomic E-state index is 0. The Bertz CT molecular complexity index is 4550. The number of benzene rings is 9. The van der Waals surface area contributed by atoms with E-state index >= 15 is 35.1 Å². The summed E-state index contributed by atoms with van der Waals surface area (Å²) in [5.41, 5.74) is -1.76. The summed E-state index contributed by atoms with van der Waals surface area (Å²) in [6, 6.07) is 49.8. The molecule has 0 spiro atoms. The molecule has 1 aliphatic heterocycles. The molecule has 0 saturated carbocycles. The van der Waals surface area contributed by atoms with E-state index in [-0.39, 0.29) is 60.6 Å². The van der Waals surface area contributed by atoms with Crippen molar-refractivity contribution in [3.63, 3.8) is 0 Å². The monoisotopic (exact) mass is 1330 g/mol. The number of aromatic nitrogens is 3. The molecule has 0 amide bonds. The second-order valence-electron chi connectivity index (χ2n) is 22.6. The summed E-state index contributed by atoms with van der Waals surface area (Å²) in [5.74, 6) is -22.7. The maximum absolute atomic E-state index is 16.5. The quantitative estimate of drug-likeness (QED) is 0.0658. The van der Waals surface area contributed by atoms with Gasteiger partial charge in [0, 0.05) is 83.2 Å². The van der Waals surface area contributed by atoms with E-state index in [0.717, 1.165) is 60.7 Å². The summed E-state index contributed by atoms with van der Waals surface area (Å²) in [7, 11) is 0. The molecule has 0 radical (unpaired) electrons. The van der Waals surface area contributed by atoms with Crippen LogP contribution in [0, 0.1) is 77.0 Å². The van der Waals surface area contributed by atoms with Crippen molar-refractivity contribution >= 4 is 66.4 Å². The van der Waals surface area contributed by atoms with Crippen LogP contribution in [-0.4, -0.2) is 14.1 Å². The van der Waals surface area contributed by atoms with Crippen LogP contribution in [0.1, 0.15) is 52.7 Å². The minimum Gasteiger partial charge on any atom is -0.509 e. The van der Waals surface area contributed by atoms with Gasteiger partial charge in [-0.25, -0.2) is 48.9 Å². The standard InChI is InChI=1S/C68H44F10N5O.Pt/c1-67(2,3)35-25-26-79-53(29-35)83-49-20-12-9-17-43(49)44-24-23-39(33-52(44)83)84-40-31-37(30-38(32-40)82-47-18-10-7-15-41(47)42-16-8-11-19-48(42)82)80-34-81(51-22-14-13-21-50(51)80)66-45(54-56(69)60(73)64(77)61(74)57(54)70)27-36(68(4,5)6)28-46(66)55-58(71)62(75)65(78)63(76)59(55)72;/h7-30,32,34H,1-6H3;/q-3;. The topological polar surface area (TPSA) is 38.5 Å². The van der Waals surface area contributed by atoms with Gasteiger partial charge in [-0.3, -0.25) is 0 Å². The van der Waals surface area contributed by atoms with Crippen molar-refractivity contribution in [2.45, 2.75) is 52.4 Å². The summed E-state index contributed by atoms with van der Waals surface area (Å²) >= 11 is 0. The van der Waals surface area contributed by atoms with Gasteiger partial charge in [-0.1, -0.05) is 125 Å². The maximum atomic E-state index is 16.5. The van der Waals surface area contributed by atoms with Gasteiger partial charge in [0.05, 0.1) is 22.2 Å². The molecule has 3 aromatic heterocycles. The van der Waals surface area contributed by atoms with Crippen LogP contribution in [0.25, 0.3) is 77.4 Å². The van der Waals surface area contributed by atoms with E-state index in [1.807, 2.05) is 100 Å². The number of nitrogens with zero attached hydrogens (tertiary/aromatic N) is 5. The molecule has 6 nitrogen and oxygen atoms in total. The third-order valence-corrected chi connectivity index (χ3v) is 15.3. The summed E-state index contributed by atoms with van der Waals surface area (Å²) in [5, 5.41) is 3.61. The molecule has 0 aliphatic carbocycles. The van der Waals surface area contributed by atoms with Crippen LogP contribution in [0.5, 0.6) is 11.5 Å². The summed E-state index contributed by atoms with van der Waals surface area (Å²) in [4.78, 5) is 7.47. The Hall–Kier alpha value is -8.88. The second kappa shape index (κ2) is 20.7. The fraction of sp³-hybridized carbons (Fsp3) is 0.118. The van der Waals surface area contributed by atoms with Crippen molar-refractivity contribution in [2.24, 2.45) is 0 Å². The number of hydrogen-bond acceptors (Lipinski definition) is 4. The molecule has 4 heterocycles. The molecule has 13 rings (SSSR count). The van der Waals surface area contributed by atoms with Crippen molar-refractivity contribution < 1.29 is 69.7 Å². The van der Waals surface area contributed by atoms with Gasteiger partial charge >= 0.3 is 0 Å². The molecule has 1 aliphatic rings. The minimum atomic E-state index is -2.49. The number of rotatable bonds is 8. The normalized spacial score (nSPS) is 12.8. The third kappa shape index (κ3) is 9.10.